The highest BCUT2D eigenvalue weighted by atomic mass is 32.2. The summed E-state index contributed by atoms with van der Waals surface area (Å²) in [7, 11) is 0. The first kappa shape index (κ1) is 15.6. The highest BCUT2D eigenvalue weighted by molar-refractivity contribution is 7.98. The summed E-state index contributed by atoms with van der Waals surface area (Å²) in [4.78, 5) is 10.2. The molecule has 21 heavy (non-hydrogen) atoms. The van der Waals surface area contributed by atoms with E-state index in [2.05, 4.69) is 45.9 Å². The van der Waals surface area contributed by atoms with Crippen molar-refractivity contribution >= 4 is 29.1 Å². The van der Waals surface area contributed by atoms with E-state index in [0.717, 1.165) is 41.7 Å². The van der Waals surface area contributed by atoms with Crippen molar-refractivity contribution in [2.75, 3.05) is 23.4 Å². The van der Waals surface area contributed by atoms with Gasteiger partial charge in [0.2, 0.25) is 0 Å². The van der Waals surface area contributed by atoms with Crippen LogP contribution in [0.5, 0.6) is 0 Å². The van der Waals surface area contributed by atoms with Gasteiger partial charge in [0.05, 0.1) is 5.69 Å². The normalized spacial score (nSPS) is 10.5. The van der Waals surface area contributed by atoms with Crippen molar-refractivity contribution in [3.05, 3.63) is 35.7 Å². The van der Waals surface area contributed by atoms with Crippen LogP contribution >= 0.6 is 11.8 Å². The number of thioether (sulfide) groups is 1. The molecule has 2 aromatic rings. The Hall–Kier alpha value is -1.75. The van der Waals surface area contributed by atoms with E-state index < -0.39 is 0 Å². The van der Waals surface area contributed by atoms with Crippen LogP contribution in [0.4, 0.5) is 17.3 Å². The van der Waals surface area contributed by atoms with Crippen molar-refractivity contribution < 1.29 is 0 Å². The fourth-order valence-electron chi connectivity index (χ4n) is 2.04. The number of rotatable bonds is 6. The van der Waals surface area contributed by atoms with Crippen molar-refractivity contribution in [2.45, 2.75) is 32.1 Å². The van der Waals surface area contributed by atoms with Crippen LogP contribution < -0.4 is 10.6 Å². The van der Waals surface area contributed by atoms with Gasteiger partial charge in [-0.1, -0.05) is 19.1 Å². The molecule has 0 saturated carbocycles. The van der Waals surface area contributed by atoms with Crippen LogP contribution in [-0.4, -0.2) is 22.8 Å². The second kappa shape index (κ2) is 7.31. The second-order valence-electron chi connectivity index (χ2n) is 4.85. The molecule has 0 saturated heterocycles. The fourth-order valence-corrected chi connectivity index (χ4v) is 2.59. The average molecular weight is 302 g/mol. The maximum absolute atomic E-state index is 4.54. The zero-order valence-electron chi connectivity index (χ0n) is 13.0. The summed E-state index contributed by atoms with van der Waals surface area (Å²) in [6.07, 6.45) is 3.15. The first-order chi connectivity index (χ1) is 10.2. The topological polar surface area (TPSA) is 49.8 Å². The summed E-state index contributed by atoms with van der Waals surface area (Å²) in [6, 6.07) is 8.25. The Labute approximate surface area is 130 Å². The number of para-hydroxylation sites is 1. The third kappa shape index (κ3) is 3.88. The van der Waals surface area contributed by atoms with Crippen molar-refractivity contribution in [1.29, 1.82) is 0 Å². The highest BCUT2D eigenvalue weighted by Crippen LogP contribution is 2.29. The Morgan fingerprint density at radius 1 is 1.10 bits per heavy atom. The lowest BCUT2D eigenvalue weighted by Crippen LogP contribution is -2.09. The third-order valence-electron chi connectivity index (χ3n) is 3.16. The highest BCUT2D eigenvalue weighted by Gasteiger charge is 2.10. The van der Waals surface area contributed by atoms with Crippen LogP contribution in [0.15, 0.2) is 29.2 Å². The quantitative estimate of drug-likeness (QED) is 0.775. The molecule has 0 unspecified atom stereocenters. The summed E-state index contributed by atoms with van der Waals surface area (Å²) < 4.78 is 0. The van der Waals surface area contributed by atoms with Gasteiger partial charge in [0.15, 0.2) is 0 Å². The summed E-state index contributed by atoms with van der Waals surface area (Å²) >= 11 is 1.72. The van der Waals surface area contributed by atoms with E-state index in [0.29, 0.717) is 0 Å². The number of aryl methyl sites for hydroxylation is 1. The maximum atomic E-state index is 4.54. The molecule has 1 aromatic carbocycles. The summed E-state index contributed by atoms with van der Waals surface area (Å²) in [5.74, 6) is 2.54. The zero-order chi connectivity index (χ0) is 15.2. The molecular formula is C16H22N4S. The SMILES string of the molecule is CCCNc1nc(C)nc(Nc2ccccc2SC)c1C. The molecule has 0 bridgehead atoms. The van der Waals surface area contributed by atoms with Gasteiger partial charge in [-0.3, -0.25) is 0 Å². The molecule has 4 nitrogen and oxygen atoms in total. The minimum Gasteiger partial charge on any atom is -0.370 e. The van der Waals surface area contributed by atoms with Gasteiger partial charge in [-0.05, 0) is 38.7 Å². The zero-order valence-corrected chi connectivity index (χ0v) is 13.8. The molecule has 1 aromatic heterocycles. The minimum atomic E-state index is 0.767. The molecular weight excluding hydrogens is 280 g/mol. The summed E-state index contributed by atoms with van der Waals surface area (Å²) in [5, 5.41) is 6.80. The second-order valence-corrected chi connectivity index (χ2v) is 5.69. The Morgan fingerprint density at radius 2 is 1.81 bits per heavy atom. The molecule has 2 rings (SSSR count). The number of aromatic nitrogens is 2. The van der Waals surface area contributed by atoms with Crippen LogP contribution in [0.3, 0.4) is 0 Å². The van der Waals surface area contributed by atoms with Crippen LogP contribution in [0.25, 0.3) is 0 Å². The predicted molar refractivity (Wildman–Crippen MR) is 91.8 cm³/mol. The Bertz CT molecular complexity index is 613. The van der Waals surface area contributed by atoms with Crippen molar-refractivity contribution in [3.8, 4) is 0 Å². The van der Waals surface area contributed by atoms with Gasteiger partial charge in [0.25, 0.3) is 0 Å². The van der Waals surface area contributed by atoms with Gasteiger partial charge in [-0.2, -0.15) is 0 Å². The Kier molecular flexibility index (Phi) is 5.44. The number of hydrogen-bond donors (Lipinski definition) is 2. The molecule has 0 amide bonds. The van der Waals surface area contributed by atoms with Gasteiger partial charge >= 0.3 is 0 Å². The third-order valence-corrected chi connectivity index (χ3v) is 3.96. The van der Waals surface area contributed by atoms with Gasteiger partial charge in [-0.15, -0.1) is 11.8 Å². The van der Waals surface area contributed by atoms with Gasteiger partial charge in [0.1, 0.15) is 17.5 Å². The van der Waals surface area contributed by atoms with Crippen molar-refractivity contribution in [2.24, 2.45) is 0 Å². The number of nitrogens with one attached hydrogen (secondary N) is 2. The maximum Gasteiger partial charge on any atom is 0.139 e. The Balaban J connectivity index is 2.33. The molecule has 0 fully saturated rings. The first-order valence-electron chi connectivity index (χ1n) is 7.14. The monoisotopic (exact) mass is 302 g/mol. The van der Waals surface area contributed by atoms with E-state index in [1.54, 1.807) is 11.8 Å². The van der Waals surface area contributed by atoms with E-state index in [-0.39, 0.29) is 0 Å². The number of hydrogen-bond acceptors (Lipinski definition) is 5. The van der Waals surface area contributed by atoms with E-state index >= 15 is 0 Å². The molecule has 5 heteroatoms. The molecule has 2 N–H and O–H groups in total. The van der Waals surface area contributed by atoms with Crippen LogP contribution in [0.1, 0.15) is 24.7 Å². The molecule has 0 atom stereocenters. The van der Waals surface area contributed by atoms with E-state index in [9.17, 15) is 0 Å². The van der Waals surface area contributed by atoms with Gasteiger partial charge in [-0.25, -0.2) is 9.97 Å². The Morgan fingerprint density at radius 3 is 2.52 bits per heavy atom. The van der Waals surface area contributed by atoms with Gasteiger partial charge < -0.3 is 10.6 Å². The molecule has 0 radical (unpaired) electrons. The molecule has 112 valence electrons. The summed E-state index contributed by atoms with van der Waals surface area (Å²) in [6.45, 7) is 7.02. The van der Waals surface area contributed by atoms with Crippen LogP contribution in [-0.2, 0) is 0 Å². The lowest BCUT2D eigenvalue weighted by atomic mass is 10.2. The fraction of sp³-hybridized carbons (Fsp3) is 0.375. The van der Waals surface area contributed by atoms with Gasteiger partial charge in [0, 0.05) is 17.0 Å². The average Bonchev–Trinajstić information content (AvgIpc) is 2.49. The van der Waals surface area contributed by atoms with Crippen LogP contribution in [0, 0.1) is 13.8 Å². The standard InChI is InChI=1S/C16H22N4S/c1-5-10-17-15-11(2)16(19-12(3)18-15)20-13-8-6-7-9-14(13)21-4/h6-9H,5,10H2,1-4H3,(H2,17,18,19,20). The van der Waals surface area contributed by atoms with Crippen molar-refractivity contribution in [3.63, 3.8) is 0 Å². The number of nitrogens with zero attached hydrogens (tertiary/aromatic N) is 2. The molecule has 1 heterocycles. The lowest BCUT2D eigenvalue weighted by Gasteiger charge is -2.15. The largest absolute Gasteiger partial charge is 0.370 e. The molecule has 0 spiro atoms. The smallest absolute Gasteiger partial charge is 0.139 e. The minimum absolute atomic E-state index is 0.767. The van der Waals surface area contributed by atoms with E-state index in [1.807, 2.05) is 26.0 Å². The summed E-state index contributed by atoms with van der Waals surface area (Å²) in [5.41, 5.74) is 2.12. The molecule has 0 aliphatic heterocycles. The first-order valence-corrected chi connectivity index (χ1v) is 8.37. The van der Waals surface area contributed by atoms with Crippen LogP contribution in [0.2, 0.25) is 0 Å². The van der Waals surface area contributed by atoms with E-state index in [4.69, 9.17) is 0 Å². The van der Waals surface area contributed by atoms with Crippen molar-refractivity contribution in [1.82, 2.24) is 9.97 Å². The van der Waals surface area contributed by atoms with E-state index in [1.165, 1.54) is 4.90 Å². The number of anilines is 3. The molecule has 0 aliphatic rings. The predicted octanol–water partition coefficient (Wildman–Crippen LogP) is 4.38. The molecule has 0 aliphatic carbocycles. The number of benzene rings is 1. The lowest BCUT2D eigenvalue weighted by molar-refractivity contribution is 0.947.